The van der Waals surface area contributed by atoms with Gasteiger partial charge in [0.05, 0.1) is 35.9 Å². The van der Waals surface area contributed by atoms with Gasteiger partial charge in [-0.2, -0.15) is 4.68 Å². The second kappa shape index (κ2) is 11.1. The van der Waals surface area contributed by atoms with E-state index >= 15 is 0 Å². The number of imidazole rings is 1. The van der Waals surface area contributed by atoms with E-state index in [0.29, 0.717) is 53.1 Å². The molecule has 7 rings (SSSR count). The first-order valence-electron chi connectivity index (χ1n) is 13.7. The molecule has 0 radical (unpaired) electrons. The van der Waals surface area contributed by atoms with Crippen molar-refractivity contribution in [3.8, 4) is 28.2 Å². The first-order chi connectivity index (χ1) is 21.3. The van der Waals surface area contributed by atoms with Crippen LogP contribution in [0.1, 0.15) is 35.9 Å². The van der Waals surface area contributed by atoms with Crippen molar-refractivity contribution in [2.24, 2.45) is 5.41 Å². The maximum Gasteiger partial charge on any atom is 0.322 e. The molecule has 1 aliphatic heterocycles. The molecule has 44 heavy (non-hydrogen) atoms. The molecule has 5 heterocycles. The summed E-state index contributed by atoms with van der Waals surface area (Å²) in [6, 6.07) is 8.51. The van der Waals surface area contributed by atoms with E-state index in [0.717, 1.165) is 21.7 Å². The number of rotatable bonds is 9. The van der Waals surface area contributed by atoms with Gasteiger partial charge in [-0.05, 0) is 53.6 Å². The molecule has 0 saturated carbocycles. The number of H-pyrrole nitrogens is 1. The normalized spacial score (nSPS) is 18.8. The number of allylic oxidation sites excluding steroid dienone is 1. The lowest BCUT2D eigenvalue weighted by molar-refractivity contribution is -0.164. The van der Waals surface area contributed by atoms with Crippen LogP contribution in [0.25, 0.3) is 28.2 Å². The van der Waals surface area contributed by atoms with E-state index in [2.05, 4.69) is 32.1 Å². The molecule has 4 aromatic heterocycles. The number of carbonyl (C=O) groups is 1. The van der Waals surface area contributed by atoms with E-state index in [1.54, 1.807) is 48.0 Å². The maximum atomic E-state index is 13.5. The van der Waals surface area contributed by atoms with Crippen LogP contribution in [-0.2, 0) is 27.3 Å². The Hall–Kier alpha value is -4.72. The lowest BCUT2D eigenvalue weighted by atomic mass is 9.74. The van der Waals surface area contributed by atoms with Crippen LogP contribution in [0.15, 0.2) is 77.3 Å². The second-order valence-electron chi connectivity index (χ2n) is 10.7. The number of nitrogens with zero attached hydrogens (tertiary/aromatic N) is 7. The summed E-state index contributed by atoms with van der Waals surface area (Å²) in [4.78, 5) is 39.5. The number of halogens is 1. The number of nitrogens with one attached hydrogen (secondary N) is 1. The van der Waals surface area contributed by atoms with Crippen molar-refractivity contribution in [3.05, 3.63) is 104 Å². The highest BCUT2D eigenvalue weighted by molar-refractivity contribution is 7.10. The van der Waals surface area contributed by atoms with Crippen molar-refractivity contribution in [1.29, 1.82) is 0 Å². The zero-order valence-corrected chi connectivity index (χ0v) is 25.0. The Labute approximate surface area is 259 Å². The van der Waals surface area contributed by atoms with Gasteiger partial charge >= 0.3 is 5.97 Å². The minimum Gasteiger partial charge on any atom is -0.438 e. The number of hydrogen-bond acceptors (Lipinski definition) is 10. The summed E-state index contributed by atoms with van der Waals surface area (Å²) >= 11 is 7.83. The number of hydrogen-bond donors (Lipinski definition) is 1. The first kappa shape index (κ1) is 28.1. The van der Waals surface area contributed by atoms with Gasteiger partial charge in [0.2, 0.25) is 0 Å². The van der Waals surface area contributed by atoms with Crippen molar-refractivity contribution in [2.75, 3.05) is 6.79 Å². The molecular formula is C30H25ClN8O4S. The number of thiophene rings is 1. The average molecular weight is 629 g/mol. The van der Waals surface area contributed by atoms with Crippen LogP contribution in [0, 0.1) is 5.41 Å². The molecular weight excluding hydrogens is 604 g/mol. The van der Waals surface area contributed by atoms with E-state index in [9.17, 15) is 9.59 Å². The number of aryl methyl sites for hydroxylation is 1. The van der Waals surface area contributed by atoms with Gasteiger partial charge in [0.15, 0.2) is 6.79 Å². The van der Waals surface area contributed by atoms with Gasteiger partial charge in [-0.15, -0.1) is 16.4 Å². The third-order valence-corrected chi connectivity index (χ3v) is 9.06. The number of esters is 1. The number of tetrazole rings is 1. The largest absolute Gasteiger partial charge is 0.438 e. The van der Waals surface area contributed by atoms with Crippen LogP contribution in [0.5, 0.6) is 0 Å². The molecule has 1 aliphatic carbocycles. The first-order valence-corrected chi connectivity index (χ1v) is 15.0. The number of carbonyl (C=O) groups excluding carboxylic acids is 1. The van der Waals surface area contributed by atoms with Gasteiger partial charge in [-0.3, -0.25) is 14.2 Å². The summed E-state index contributed by atoms with van der Waals surface area (Å²) in [5, 5.41) is 13.9. The predicted octanol–water partition coefficient (Wildman–Crippen LogP) is 4.68. The fourth-order valence-electron chi connectivity index (χ4n) is 5.31. The molecule has 2 aliphatic rings. The Bertz CT molecular complexity index is 2000. The molecule has 0 saturated heterocycles. The molecule has 2 unspecified atom stereocenters. The smallest absolute Gasteiger partial charge is 0.322 e. The quantitative estimate of drug-likeness (QED) is 0.140. The SMILES string of the molecule is C=C1C=CC1(C)C(=O)OCOCc1cc(-c2cnc(C3CCc4nc(-c5cc(Cl)ccc5-n5cnnn5)cc(=O)n43)[nH]2)cs1. The molecule has 2 atom stereocenters. The van der Waals surface area contributed by atoms with Crippen molar-refractivity contribution in [3.63, 3.8) is 0 Å². The van der Waals surface area contributed by atoms with E-state index in [-0.39, 0.29) is 24.4 Å². The van der Waals surface area contributed by atoms with Crippen LogP contribution in [0.3, 0.4) is 0 Å². The van der Waals surface area contributed by atoms with E-state index in [1.165, 1.54) is 28.4 Å². The molecule has 1 aromatic carbocycles. The van der Waals surface area contributed by atoms with Crippen molar-refractivity contribution in [2.45, 2.75) is 32.4 Å². The zero-order chi connectivity index (χ0) is 30.4. The predicted molar refractivity (Wildman–Crippen MR) is 162 cm³/mol. The van der Waals surface area contributed by atoms with Crippen LogP contribution in [0.4, 0.5) is 0 Å². The van der Waals surface area contributed by atoms with Crippen LogP contribution in [0.2, 0.25) is 5.02 Å². The van der Waals surface area contributed by atoms with Gasteiger partial charge in [0.1, 0.15) is 23.4 Å². The Morgan fingerprint density at radius 2 is 2.18 bits per heavy atom. The highest BCUT2D eigenvalue weighted by Gasteiger charge is 2.39. The fraction of sp³-hybridized carbons (Fsp3) is 0.233. The van der Waals surface area contributed by atoms with Gasteiger partial charge < -0.3 is 14.5 Å². The topological polar surface area (TPSA) is 143 Å². The highest BCUT2D eigenvalue weighted by Crippen LogP contribution is 2.38. The van der Waals surface area contributed by atoms with Crippen LogP contribution in [-0.4, -0.2) is 52.5 Å². The van der Waals surface area contributed by atoms with E-state index in [4.69, 9.17) is 26.1 Å². The minimum atomic E-state index is -0.767. The molecule has 0 bridgehead atoms. The third-order valence-electron chi connectivity index (χ3n) is 7.91. The zero-order valence-electron chi connectivity index (χ0n) is 23.4. The Kier molecular flexibility index (Phi) is 7.07. The third kappa shape index (κ3) is 4.98. The number of benzene rings is 1. The molecule has 0 spiro atoms. The summed E-state index contributed by atoms with van der Waals surface area (Å²) < 4.78 is 14.0. The van der Waals surface area contributed by atoms with Crippen molar-refractivity contribution < 1.29 is 14.3 Å². The number of fused-ring (bicyclic) bond motifs is 1. The molecule has 0 amide bonds. The van der Waals surface area contributed by atoms with Gasteiger partial charge in [0.25, 0.3) is 5.56 Å². The van der Waals surface area contributed by atoms with E-state index < -0.39 is 5.41 Å². The number of aromatic amines is 1. The standard InChI is InChI=1S/C30H25ClN8O4S/c1-17-7-8-30(17,2)29(41)43-16-42-13-20-9-18(14-44-20)23-12-32-28(35-23)25-5-6-26-34-22(11-27(40)39(25)26)21-10-19(31)3-4-24(21)38-15-33-36-37-38/h3-4,7-12,14-15,25H,1,5-6,13,16H2,2H3,(H,32,35). The maximum absolute atomic E-state index is 13.5. The van der Waals surface area contributed by atoms with Gasteiger partial charge in [-0.1, -0.05) is 30.3 Å². The number of ether oxygens (including phenoxy) is 2. The molecule has 12 nitrogen and oxygen atoms in total. The summed E-state index contributed by atoms with van der Waals surface area (Å²) in [6.07, 6.45) is 8.09. The average Bonchev–Trinajstić information content (AvgIpc) is 3.84. The summed E-state index contributed by atoms with van der Waals surface area (Å²) in [5.41, 5.74) is 3.36. The molecule has 0 fully saturated rings. The summed E-state index contributed by atoms with van der Waals surface area (Å²) in [5.74, 6) is 0.975. The Morgan fingerprint density at radius 1 is 1.30 bits per heavy atom. The fourth-order valence-corrected chi connectivity index (χ4v) is 6.31. The van der Waals surface area contributed by atoms with Crippen molar-refractivity contribution in [1.82, 2.24) is 39.7 Å². The highest BCUT2D eigenvalue weighted by atomic mass is 35.5. The number of aromatic nitrogens is 8. The van der Waals surface area contributed by atoms with Crippen LogP contribution >= 0.6 is 22.9 Å². The molecule has 14 heteroatoms. The molecule has 5 aromatic rings. The van der Waals surface area contributed by atoms with Gasteiger partial charge in [-0.25, -0.2) is 9.97 Å². The Morgan fingerprint density at radius 3 is 2.95 bits per heavy atom. The lowest BCUT2D eigenvalue weighted by Crippen LogP contribution is -2.34. The minimum absolute atomic E-state index is 0.140. The van der Waals surface area contributed by atoms with E-state index in [1.807, 2.05) is 11.4 Å². The summed E-state index contributed by atoms with van der Waals surface area (Å²) in [7, 11) is 0. The second-order valence-corrected chi connectivity index (χ2v) is 12.1. The van der Waals surface area contributed by atoms with Gasteiger partial charge in [0, 0.05) is 38.9 Å². The Balaban J connectivity index is 1.05. The molecule has 1 N–H and O–H groups in total. The molecule has 222 valence electrons. The van der Waals surface area contributed by atoms with Crippen LogP contribution < -0.4 is 5.56 Å². The lowest BCUT2D eigenvalue weighted by Gasteiger charge is -2.30. The monoisotopic (exact) mass is 628 g/mol. The summed E-state index contributed by atoms with van der Waals surface area (Å²) in [6.45, 7) is 5.78. The van der Waals surface area contributed by atoms with Crippen molar-refractivity contribution >= 4 is 28.9 Å².